The van der Waals surface area contributed by atoms with Gasteiger partial charge in [-0.3, -0.25) is 9.59 Å². The lowest BCUT2D eigenvalue weighted by molar-refractivity contribution is 0.931. The summed E-state index contributed by atoms with van der Waals surface area (Å²) in [7, 11) is 0. The average Bonchev–Trinajstić information content (AvgIpc) is 3.06. The number of aromatic nitrogens is 6. The first kappa shape index (κ1) is 11.9. The molecule has 0 unspecified atom stereocenters. The van der Waals surface area contributed by atoms with E-state index in [2.05, 4.69) is 20.2 Å². The number of hydrogen-bond donors (Lipinski definition) is 2. The number of nitrogens with one attached hydrogen (secondary N) is 2. The van der Waals surface area contributed by atoms with Crippen molar-refractivity contribution in [3.63, 3.8) is 0 Å². The SMILES string of the molecule is O=c1ccn2nccc2[nH]1.O=c1ccn2nccc2[nH]1. The standard InChI is InChI=1S/2C6H5N3O/c2*10-6-2-4-9-5(8-6)1-3-7-9/h2*1-4H,(H,8,10). The Morgan fingerprint density at radius 2 is 1.20 bits per heavy atom. The summed E-state index contributed by atoms with van der Waals surface area (Å²) < 4.78 is 3.20. The maximum atomic E-state index is 10.7. The highest BCUT2D eigenvalue weighted by Crippen LogP contribution is 1.91. The van der Waals surface area contributed by atoms with Crippen LogP contribution in [0, 0.1) is 0 Å². The van der Waals surface area contributed by atoms with E-state index in [4.69, 9.17) is 0 Å². The lowest BCUT2D eigenvalue weighted by atomic mass is 10.6. The summed E-state index contributed by atoms with van der Waals surface area (Å²) in [4.78, 5) is 26.6. The van der Waals surface area contributed by atoms with E-state index in [0.717, 1.165) is 0 Å². The van der Waals surface area contributed by atoms with Gasteiger partial charge in [0.1, 0.15) is 11.3 Å². The summed E-state index contributed by atoms with van der Waals surface area (Å²) >= 11 is 0. The number of rotatable bonds is 0. The monoisotopic (exact) mass is 270 g/mol. The number of hydrogen-bond acceptors (Lipinski definition) is 4. The molecular formula is C12H10N6O2. The number of aromatic amines is 2. The van der Waals surface area contributed by atoms with Crippen molar-refractivity contribution < 1.29 is 0 Å². The van der Waals surface area contributed by atoms with Crippen molar-refractivity contribution in [1.82, 2.24) is 29.2 Å². The zero-order valence-corrected chi connectivity index (χ0v) is 10.2. The van der Waals surface area contributed by atoms with Gasteiger partial charge in [0.15, 0.2) is 0 Å². The van der Waals surface area contributed by atoms with Gasteiger partial charge in [0.25, 0.3) is 11.1 Å². The molecule has 4 aromatic heterocycles. The van der Waals surface area contributed by atoms with E-state index in [0.29, 0.717) is 11.3 Å². The van der Waals surface area contributed by atoms with Crippen LogP contribution in [0.4, 0.5) is 0 Å². The van der Waals surface area contributed by atoms with E-state index < -0.39 is 0 Å². The lowest BCUT2D eigenvalue weighted by Crippen LogP contribution is -2.05. The van der Waals surface area contributed by atoms with Gasteiger partial charge in [-0.1, -0.05) is 0 Å². The third-order valence-electron chi connectivity index (χ3n) is 2.58. The van der Waals surface area contributed by atoms with Crippen molar-refractivity contribution in [1.29, 1.82) is 0 Å². The van der Waals surface area contributed by atoms with Crippen LogP contribution in [0.1, 0.15) is 0 Å². The van der Waals surface area contributed by atoms with Crippen LogP contribution in [0.15, 0.2) is 58.6 Å². The Morgan fingerprint density at radius 1 is 0.750 bits per heavy atom. The fourth-order valence-corrected chi connectivity index (χ4v) is 1.68. The number of nitrogens with zero attached hydrogens (tertiary/aromatic N) is 4. The largest absolute Gasteiger partial charge is 0.307 e. The minimum Gasteiger partial charge on any atom is -0.307 e. The number of fused-ring (bicyclic) bond motifs is 2. The van der Waals surface area contributed by atoms with Gasteiger partial charge >= 0.3 is 0 Å². The Bertz CT molecular complexity index is 881. The fourth-order valence-electron chi connectivity index (χ4n) is 1.68. The molecule has 0 fully saturated rings. The van der Waals surface area contributed by atoms with Gasteiger partial charge in [0, 0.05) is 36.7 Å². The van der Waals surface area contributed by atoms with Crippen LogP contribution in [-0.4, -0.2) is 29.2 Å². The molecule has 8 nitrogen and oxygen atoms in total. The second-order valence-electron chi connectivity index (χ2n) is 3.93. The molecule has 0 radical (unpaired) electrons. The van der Waals surface area contributed by atoms with Crippen LogP contribution in [0.2, 0.25) is 0 Å². The summed E-state index contributed by atoms with van der Waals surface area (Å²) in [5.74, 6) is 0. The molecule has 100 valence electrons. The second-order valence-corrected chi connectivity index (χ2v) is 3.93. The van der Waals surface area contributed by atoms with E-state index in [9.17, 15) is 9.59 Å². The lowest BCUT2D eigenvalue weighted by Gasteiger charge is -1.87. The van der Waals surface area contributed by atoms with Crippen LogP contribution < -0.4 is 11.1 Å². The third kappa shape index (κ3) is 2.34. The normalized spacial score (nSPS) is 10.4. The highest BCUT2D eigenvalue weighted by Gasteiger charge is 1.90. The van der Waals surface area contributed by atoms with Gasteiger partial charge < -0.3 is 9.97 Å². The Morgan fingerprint density at radius 3 is 1.65 bits per heavy atom. The van der Waals surface area contributed by atoms with Gasteiger partial charge in [0.05, 0.1) is 12.4 Å². The van der Waals surface area contributed by atoms with Crippen molar-refractivity contribution in [2.45, 2.75) is 0 Å². The highest BCUT2D eigenvalue weighted by atomic mass is 16.1. The van der Waals surface area contributed by atoms with Crippen LogP contribution in [0.25, 0.3) is 11.3 Å². The maximum Gasteiger partial charge on any atom is 0.251 e. The Labute approximate surface area is 111 Å². The summed E-state index contributed by atoms with van der Waals surface area (Å²) in [6.45, 7) is 0. The molecule has 2 N–H and O–H groups in total. The minimum atomic E-state index is -0.104. The molecule has 4 rings (SSSR count). The van der Waals surface area contributed by atoms with Gasteiger partial charge in [0.2, 0.25) is 0 Å². The van der Waals surface area contributed by atoms with Crippen molar-refractivity contribution in [3.8, 4) is 0 Å². The molecule has 0 aliphatic heterocycles. The first-order valence-electron chi connectivity index (χ1n) is 5.78. The summed E-state index contributed by atoms with van der Waals surface area (Å²) in [6, 6.07) is 6.34. The molecule has 0 amide bonds. The second kappa shape index (κ2) is 4.84. The molecule has 0 saturated carbocycles. The van der Waals surface area contributed by atoms with Gasteiger partial charge in [-0.2, -0.15) is 10.2 Å². The van der Waals surface area contributed by atoms with Crippen LogP contribution in [0.5, 0.6) is 0 Å². The summed E-state index contributed by atoms with van der Waals surface area (Å²) in [5, 5.41) is 7.81. The van der Waals surface area contributed by atoms with Gasteiger partial charge in [-0.05, 0) is 0 Å². The smallest absolute Gasteiger partial charge is 0.251 e. The van der Waals surface area contributed by atoms with Crippen molar-refractivity contribution in [2.75, 3.05) is 0 Å². The minimum absolute atomic E-state index is 0.104. The van der Waals surface area contributed by atoms with Gasteiger partial charge in [-0.25, -0.2) is 9.03 Å². The fraction of sp³-hybridized carbons (Fsp3) is 0. The van der Waals surface area contributed by atoms with E-state index in [1.807, 2.05) is 0 Å². The van der Waals surface area contributed by atoms with E-state index in [1.165, 1.54) is 12.1 Å². The maximum absolute atomic E-state index is 10.7. The van der Waals surface area contributed by atoms with Crippen LogP contribution in [-0.2, 0) is 0 Å². The molecule has 4 heterocycles. The third-order valence-corrected chi connectivity index (χ3v) is 2.58. The Kier molecular flexibility index (Phi) is 2.88. The molecule has 4 aromatic rings. The Hall–Kier alpha value is -3.16. The average molecular weight is 270 g/mol. The van der Waals surface area contributed by atoms with Crippen molar-refractivity contribution >= 4 is 11.3 Å². The molecular weight excluding hydrogens is 260 g/mol. The topological polar surface area (TPSA) is 100 Å². The molecule has 0 spiro atoms. The molecule has 0 aliphatic carbocycles. The molecule has 0 bridgehead atoms. The Balaban J connectivity index is 0.000000121. The molecule has 0 atom stereocenters. The van der Waals surface area contributed by atoms with Crippen molar-refractivity contribution in [3.05, 3.63) is 69.8 Å². The predicted octanol–water partition coefficient (Wildman–Crippen LogP) is 0.0452. The first-order chi connectivity index (χ1) is 9.72. The molecule has 0 aliphatic rings. The zero-order valence-electron chi connectivity index (χ0n) is 10.2. The van der Waals surface area contributed by atoms with E-state index >= 15 is 0 Å². The van der Waals surface area contributed by atoms with Crippen LogP contribution in [0.3, 0.4) is 0 Å². The molecule has 0 aromatic carbocycles. The summed E-state index contributed by atoms with van der Waals surface area (Å²) in [5.41, 5.74) is 1.22. The van der Waals surface area contributed by atoms with E-state index in [1.54, 1.807) is 46.0 Å². The van der Waals surface area contributed by atoms with Crippen molar-refractivity contribution in [2.24, 2.45) is 0 Å². The first-order valence-corrected chi connectivity index (χ1v) is 5.78. The van der Waals surface area contributed by atoms with E-state index in [-0.39, 0.29) is 11.1 Å². The summed E-state index contributed by atoms with van der Waals surface area (Å²) in [6.07, 6.45) is 6.50. The van der Waals surface area contributed by atoms with Gasteiger partial charge in [-0.15, -0.1) is 0 Å². The van der Waals surface area contributed by atoms with Crippen LogP contribution >= 0.6 is 0 Å². The quantitative estimate of drug-likeness (QED) is 0.471. The number of H-pyrrole nitrogens is 2. The molecule has 0 saturated heterocycles. The predicted molar refractivity (Wildman–Crippen MR) is 71.6 cm³/mol. The highest BCUT2D eigenvalue weighted by molar-refractivity contribution is 5.34. The zero-order chi connectivity index (χ0) is 13.9. The molecule has 8 heteroatoms. The molecule has 20 heavy (non-hydrogen) atoms.